The van der Waals surface area contributed by atoms with Gasteiger partial charge < -0.3 is 34.5 Å². The summed E-state index contributed by atoms with van der Waals surface area (Å²) in [5.74, 6) is -0.167. The minimum atomic E-state index is -1.66. The molecule has 196 valence electrons. The van der Waals surface area contributed by atoms with Crippen LogP contribution in [-0.4, -0.2) is 47.6 Å². The second-order valence-corrected chi connectivity index (χ2v) is 9.02. The molecule has 0 amide bonds. The predicted molar refractivity (Wildman–Crippen MR) is 133 cm³/mol. The molecule has 1 unspecified atom stereocenters. The molecular weight excluding hydrogens is 490 g/mol. The van der Waals surface area contributed by atoms with Crippen LogP contribution in [0.3, 0.4) is 0 Å². The Hall–Kier alpha value is -3.17. The highest BCUT2D eigenvalue weighted by atomic mass is 35.5. The number of carboxylic acid groups (broad SMARTS) is 2. The van der Waals surface area contributed by atoms with Crippen LogP contribution in [0.25, 0.3) is 0 Å². The van der Waals surface area contributed by atoms with Gasteiger partial charge in [-0.3, -0.25) is 0 Å². The molecule has 2 aromatic rings. The van der Waals surface area contributed by atoms with Crippen molar-refractivity contribution in [2.75, 3.05) is 13.2 Å². The number of unbranched alkanes of at least 4 members (excludes halogenated alkanes) is 1. The molecule has 3 rings (SSSR count). The molecule has 36 heavy (non-hydrogen) atoms. The van der Waals surface area contributed by atoms with Gasteiger partial charge in [0.2, 0.25) is 0 Å². The largest absolute Gasteiger partial charge is 0.509 e. The first-order valence-electron chi connectivity index (χ1n) is 12.0. The molecule has 9 nitrogen and oxygen atoms in total. The Labute approximate surface area is 215 Å². The average molecular weight is 522 g/mol. The van der Waals surface area contributed by atoms with Crippen LogP contribution in [0.2, 0.25) is 5.02 Å². The molecule has 0 saturated heterocycles. The number of aryl methyl sites for hydroxylation is 1. The van der Waals surface area contributed by atoms with E-state index in [2.05, 4.69) is 5.32 Å². The first-order chi connectivity index (χ1) is 17.3. The van der Waals surface area contributed by atoms with Gasteiger partial charge in [0.1, 0.15) is 11.5 Å². The van der Waals surface area contributed by atoms with Crippen molar-refractivity contribution in [3.8, 4) is 11.5 Å². The van der Waals surface area contributed by atoms with E-state index in [1.807, 2.05) is 49.4 Å². The SMILES string of the molecule is CCOc1ccc(CCCCOc2ccc(CNC3CCC(OC(=O)O)(OC(=O)O)C3)cc2)cc1Cl. The third-order valence-corrected chi connectivity index (χ3v) is 6.22. The van der Waals surface area contributed by atoms with E-state index in [0.29, 0.717) is 37.0 Å². The van der Waals surface area contributed by atoms with Crippen LogP contribution in [0.5, 0.6) is 11.5 Å². The number of nitrogens with one attached hydrogen (secondary N) is 1. The Kier molecular flexibility index (Phi) is 10.1. The van der Waals surface area contributed by atoms with Gasteiger partial charge in [-0.1, -0.05) is 29.8 Å². The molecule has 0 bridgehead atoms. The molecule has 0 heterocycles. The van der Waals surface area contributed by atoms with E-state index in [9.17, 15) is 9.59 Å². The maximum Gasteiger partial charge on any atom is 0.509 e. The highest BCUT2D eigenvalue weighted by molar-refractivity contribution is 6.32. The van der Waals surface area contributed by atoms with Gasteiger partial charge in [0.05, 0.1) is 18.2 Å². The summed E-state index contributed by atoms with van der Waals surface area (Å²) in [6.45, 7) is 3.66. The van der Waals surface area contributed by atoms with Gasteiger partial charge in [-0.05, 0) is 68.0 Å². The van der Waals surface area contributed by atoms with Gasteiger partial charge in [-0.15, -0.1) is 0 Å². The summed E-state index contributed by atoms with van der Waals surface area (Å²) in [5, 5.41) is 21.8. The second kappa shape index (κ2) is 13.2. The lowest BCUT2D eigenvalue weighted by atomic mass is 10.1. The van der Waals surface area contributed by atoms with Crippen LogP contribution in [0.15, 0.2) is 42.5 Å². The molecule has 1 fully saturated rings. The summed E-state index contributed by atoms with van der Waals surface area (Å²) >= 11 is 6.24. The van der Waals surface area contributed by atoms with E-state index in [-0.39, 0.29) is 18.9 Å². The van der Waals surface area contributed by atoms with E-state index in [4.69, 9.17) is 40.8 Å². The zero-order valence-electron chi connectivity index (χ0n) is 20.2. The summed E-state index contributed by atoms with van der Waals surface area (Å²) < 4.78 is 20.8. The molecule has 1 aliphatic rings. The Morgan fingerprint density at radius 1 is 1.03 bits per heavy atom. The van der Waals surface area contributed by atoms with Gasteiger partial charge >= 0.3 is 12.3 Å². The van der Waals surface area contributed by atoms with Crippen molar-refractivity contribution >= 4 is 23.9 Å². The van der Waals surface area contributed by atoms with E-state index in [0.717, 1.165) is 30.6 Å². The number of halogens is 1. The molecule has 10 heteroatoms. The van der Waals surface area contributed by atoms with Crippen molar-refractivity contribution in [3.05, 3.63) is 58.6 Å². The lowest BCUT2D eigenvalue weighted by molar-refractivity contribution is -0.177. The minimum Gasteiger partial charge on any atom is -0.494 e. The molecule has 3 N–H and O–H groups in total. The van der Waals surface area contributed by atoms with E-state index < -0.39 is 18.1 Å². The lowest BCUT2D eigenvalue weighted by Gasteiger charge is -2.26. The molecule has 0 aliphatic heterocycles. The van der Waals surface area contributed by atoms with Crippen LogP contribution >= 0.6 is 11.6 Å². The number of carbonyl (C=O) groups is 2. The highest BCUT2D eigenvalue weighted by Crippen LogP contribution is 2.35. The molecule has 1 saturated carbocycles. The second-order valence-electron chi connectivity index (χ2n) is 8.61. The normalized spacial score (nSPS) is 16.3. The Morgan fingerprint density at radius 3 is 2.36 bits per heavy atom. The van der Waals surface area contributed by atoms with Crippen LogP contribution in [0, 0.1) is 0 Å². The smallest absolute Gasteiger partial charge is 0.494 e. The molecule has 0 aromatic heterocycles. The lowest BCUT2D eigenvalue weighted by Crippen LogP contribution is -2.39. The summed E-state index contributed by atoms with van der Waals surface area (Å²) in [6, 6.07) is 13.5. The van der Waals surface area contributed by atoms with Crippen LogP contribution < -0.4 is 14.8 Å². The summed E-state index contributed by atoms with van der Waals surface area (Å²) in [7, 11) is 0. The first kappa shape index (κ1) is 27.4. The Morgan fingerprint density at radius 2 is 1.72 bits per heavy atom. The number of benzene rings is 2. The Balaban J connectivity index is 1.36. The minimum absolute atomic E-state index is 0.121. The fourth-order valence-corrected chi connectivity index (χ4v) is 4.49. The van der Waals surface area contributed by atoms with Gasteiger partial charge in [-0.2, -0.15) is 0 Å². The van der Waals surface area contributed by atoms with E-state index >= 15 is 0 Å². The van der Waals surface area contributed by atoms with Gasteiger partial charge in [0.25, 0.3) is 5.79 Å². The monoisotopic (exact) mass is 521 g/mol. The molecular formula is C26H32ClNO8. The highest BCUT2D eigenvalue weighted by Gasteiger charge is 2.46. The van der Waals surface area contributed by atoms with E-state index in [1.54, 1.807) is 0 Å². The van der Waals surface area contributed by atoms with Crippen molar-refractivity contribution in [1.82, 2.24) is 5.32 Å². The molecule has 1 aliphatic carbocycles. The fourth-order valence-electron chi connectivity index (χ4n) is 4.23. The van der Waals surface area contributed by atoms with Crippen molar-refractivity contribution in [2.45, 2.75) is 63.8 Å². The van der Waals surface area contributed by atoms with Crippen LogP contribution in [0.1, 0.15) is 50.2 Å². The molecule has 2 aromatic carbocycles. The van der Waals surface area contributed by atoms with Crippen molar-refractivity contribution in [3.63, 3.8) is 0 Å². The van der Waals surface area contributed by atoms with Crippen molar-refractivity contribution < 1.29 is 38.7 Å². The van der Waals surface area contributed by atoms with E-state index in [1.165, 1.54) is 5.56 Å². The molecule has 0 spiro atoms. The first-order valence-corrected chi connectivity index (χ1v) is 12.4. The van der Waals surface area contributed by atoms with Crippen molar-refractivity contribution in [2.24, 2.45) is 0 Å². The number of rotatable bonds is 13. The van der Waals surface area contributed by atoms with Crippen LogP contribution in [-0.2, 0) is 22.4 Å². The van der Waals surface area contributed by atoms with Gasteiger partial charge in [0, 0.05) is 25.4 Å². The number of hydrogen-bond acceptors (Lipinski definition) is 7. The zero-order chi connectivity index (χ0) is 26.0. The third-order valence-electron chi connectivity index (χ3n) is 5.92. The quantitative estimate of drug-likeness (QED) is 0.169. The number of hydrogen-bond donors (Lipinski definition) is 3. The van der Waals surface area contributed by atoms with Gasteiger partial charge in [0.15, 0.2) is 0 Å². The standard InChI is InChI=1S/C26H32ClNO8/c1-2-33-23-11-8-18(15-22(23)27)5-3-4-14-34-21-9-6-19(7-10-21)17-28-20-12-13-26(16-20,35-24(29)30)36-25(31)32/h6-11,15,20,28H,2-5,12-14,16-17H2,1H3,(H,29,30)(H,31,32). The third kappa shape index (κ3) is 8.49. The predicted octanol–water partition coefficient (Wildman–Crippen LogP) is 5.87. The number of ether oxygens (including phenoxy) is 4. The maximum atomic E-state index is 10.9. The van der Waals surface area contributed by atoms with Gasteiger partial charge in [-0.25, -0.2) is 9.59 Å². The van der Waals surface area contributed by atoms with Crippen LogP contribution in [0.4, 0.5) is 9.59 Å². The average Bonchev–Trinajstić information content (AvgIpc) is 3.21. The molecule has 1 atom stereocenters. The summed E-state index contributed by atoms with van der Waals surface area (Å²) in [5.41, 5.74) is 2.19. The zero-order valence-corrected chi connectivity index (χ0v) is 21.0. The Bertz CT molecular complexity index is 998. The summed E-state index contributed by atoms with van der Waals surface area (Å²) in [6.07, 6.45) is 0.501. The topological polar surface area (TPSA) is 124 Å². The fraction of sp³-hybridized carbons (Fsp3) is 0.462. The summed E-state index contributed by atoms with van der Waals surface area (Å²) in [4.78, 5) is 21.9. The molecule has 0 radical (unpaired) electrons. The van der Waals surface area contributed by atoms with Crippen molar-refractivity contribution in [1.29, 1.82) is 0 Å². The maximum absolute atomic E-state index is 10.9.